The summed E-state index contributed by atoms with van der Waals surface area (Å²) in [6.07, 6.45) is 2.85. The second kappa shape index (κ2) is 8.34. The van der Waals surface area contributed by atoms with Crippen LogP contribution in [0, 0.1) is 12.3 Å². The Labute approximate surface area is 156 Å². The molecule has 0 aliphatic carbocycles. The van der Waals surface area contributed by atoms with Crippen LogP contribution in [-0.2, 0) is 6.54 Å². The van der Waals surface area contributed by atoms with Crippen LogP contribution in [0.3, 0.4) is 0 Å². The first-order valence-electron chi connectivity index (χ1n) is 7.94. The third-order valence-electron chi connectivity index (χ3n) is 4.64. The van der Waals surface area contributed by atoms with Gasteiger partial charge in [0.1, 0.15) is 0 Å². The van der Waals surface area contributed by atoms with Gasteiger partial charge in [-0.2, -0.15) is 0 Å². The lowest BCUT2D eigenvalue weighted by Gasteiger charge is -2.42. The molecule has 0 amide bonds. The molecule has 1 fully saturated rings. The van der Waals surface area contributed by atoms with E-state index in [0.717, 1.165) is 43.3 Å². The molecule has 4 nitrogen and oxygen atoms in total. The van der Waals surface area contributed by atoms with Crippen LogP contribution in [0.2, 0.25) is 0 Å². The van der Waals surface area contributed by atoms with Gasteiger partial charge in [-0.1, -0.05) is 43.7 Å². The first-order chi connectivity index (χ1) is 10.4. The standard InChI is InChI=1S/C18H25N3O.2ClH/c1-13-4-6-14(7-5-13)15-10-20-17(22-15)11-21-9-8-16(19)18(2,3)12-21;;/h4-7,10,16H,8-9,11-12,19H2,1-3H3;2*1H. The SMILES string of the molecule is Cc1ccc(-c2cnc(CN3CCC(N)C(C)(C)C3)o2)cc1.Cl.Cl. The molecule has 0 bridgehead atoms. The Kier molecular flexibility index (Phi) is 7.29. The lowest BCUT2D eigenvalue weighted by molar-refractivity contribution is 0.0832. The fraction of sp³-hybridized carbons (Fsp3) is 0.500. The third-order valence-corrected chi connectivity index (χ3v) is 4.64. The zero-order chi connectivity index (χ0) is 15.7. The quantitative estimate of drug-likeness (QED) is 0.883. The maximum Gasteiger partial charge on any atom is 0.209 e. The number of aryl methyl sites for hydroxylation is 1. The number of hydrogen-bond acceptors (Lipinski definition) is 4. The number of aromatic nitrogens is 1. The van der Waals surface area contributed by atoms with Crippen molar-refractivity contribution in [3.05, 3.63) is 41.9 Å². The highest BCUT2D eigenvalue weighted by atomic mass is 35.5. The molecule has 0 spiro atoms. The Morgan fingerprint density at radius 3 is 2.54 bits per heavy atom. The molecular formula is C18H27Cl2N3O. The molecule has 2 aromatic rings. The molecule has 0 radical (unpaired) electrons. The predicted molar refractivity (Wildman–Crippen MR) is 103 cm³/mol. The van der Waals surface area contributed by atoms with Crippen molar-refractivity contribution in [2.75, 3.05) is 13.1 Å². The number of rotatable bonds is 3. The van der Waals surface area contributed by atoms with Gasteiger partial charge in [0.15, 0.2) is 5.76 Å². The summed E-state index contributed by atoms with van der Waals surface area (Å²) in [5, 5.41) is 0. The minimum atomic E-state index is 0. The van der Waals surface area contributed by atoms with Gasteiger partial charge in [0.25, 0.3) is 0 Å². The van der Waals surface area contributed by atoms with Gasteiger partial charge in [0.05, 0.1) is 12.7 Å². The molecule has 1 atom stereocenters. The maximum absolute atomic E-state index is 6.19. The molecule has 1 unspecified atom stereocenters. The first-order valence-corrected chi connectivity index (χ1v) is 7.94. The van der Waals surface area contributed by atoms with E-state index in [0.29, 0.717) is 0 Å². The van der Waals surface area contributed by atoms with Crippen molar-refractivity contribution in [2.45, 2.75) is 39.8 Å². The molecule has 2 heterocycles. The zero-order valence-corrected chi connectivity index (χ0v) is 16.1. The van der Waals surface area contributed by atoms with E-state index in [1.807, 2.05) is 6.20 Å². The average molecular weight is 372 g/mol. The summed E-state index contributed by atoms with van der Waals surface area (Å²) in [4.78, 5) is 6.82. The van der Waals surface area contributed by atoms with Crippen molar-refractivity contribution in [1.29, 1.82) is 0 Å². The summed E-state index contributed by atoms with van der Waals surface area (Å²) in [5.74, 6) is 1.62. The van der Waals surface area contributed by atoms with Gasteiger partial charge >= 0.3 is 0 Å². The fourth-order valence-corrected chi connectivity index (χ4v) is 3.05. The number of likely N-dealkylation sites (tertiary alicyclic amines) is 1. The van der Waals surface area contributed by atoms with Crippen molar-refractivity contribution in [3.8, 4) is 11.3 Å². The van der Waals surface area contributed by atoms with Gasteiger partial charge in [-0.3, -0.25) is 4.90 Å². The number of oxazole rings is 1. The smallest absolute Gasteiger partial charge is 0.209 e. The molecule has 1 aromatic heterocycles. The Bertz CT molecular complexity index is 640. The van der Waals surface area contributed by atoms with Crippen LogP contribution in [0.25, 0.3) is 11.3 Å². The number of benzene rings is 1. The summed E-state index contributed by atoms with van der Waals surface area (Å²) in [7, 11) is 0. The highest BCUT2D eigenvalue weighted by molar-refractivity contribution is 5.85. The summed E-state index contributed by atoms with van der Waals surface area (Å²) in [5.41, 5.74) is 8.66. The Balaban J connectivity index is 0.00000144. The van der Waals surface area contributed by atoms with Crippen molar-refractivity contribution in [3.63, 3.8) is 0 Å². The van der Waals surface area contributed by atoms with E-state index < -0.39 is 0 Å². The molecule has 1 saturated heterocycles. The highest BCUT2D eigenvalue weighted by Gasteiger charge is 2.33. The van der Waals surface area contributed by atoms with Crippen molar-refractivity contribution >= 4 is 24.8 Å². The van der Waals surface area contributed by atoms with Gasteiger partial charge in [0.2, 0.25) is 5.89 Å². The topological polar surface area (TPSA) is 55.3 Å². The van der Waals surface area contributed by atoms with E-state index in [1.54, 1.807) is 0 Å². The first kappa shape index (κ1) is 21.0. The van der Waals surface area contributed by atoms with E-state index >= 15 is 0 Å². The Hall–Kier alpha value is -1.07. The summed E-state index contributed by atoms with van der Waals surface area (Å²) >= 11 is 0. The van der Waals surface area contributed by atoms with E-state index in [2.05, 4.69) is 54.9 Å². The number of nitrogens with zero attached hydrogens (tertiary/aromatic N) is 2. The molecule has 134 valence electrons. The normalized spacial score (nSPS) is 20.1. The molecule has 1 aromatic carbocycles. The highest BCUT2D eigenvalue weighted by Crippen LogP contribution is 2.29. The number of piperidine rings is 1. The van der Waals surface area contributed by atoms with Crippen LogP contribution in [0.5, 0.6) is 0 Å². The molecule has 1 aliphatic heterocycles. The van der Waals surface area contributed by atoms with Crippen molar-refractivity contribution in [1.82, 2.24) is 9.88 Å². The van der Waals surface area contributed by atoms with E-state index in [-0.39, 0.29) is 36.3 Å². The lowest BCUT2D eigenvalue weighted by atomic mass is 9.80. The van der Waals surface area contributed by atoms with Crippen LogP contribution >= 0.6 is 24.8 Å². The molecule has 24 heavy (non-hydrogen) atoms. The molecule has 6 heteroatoms. The molecule has 1 aliphatic rings. The van der Waals surface area contributed by atoms with Crippen LogP contribution in [-0.4, -0.2) is 29.0 Å². The van der Waals surface area contributed by atoms with Gasteiger partial charge in [0, 0.05) is 24.7 Å². The molecule has 3 rings (SSSR count). The second-order valence-electron chi connectivity index (χ2n) is 7.08. The summed E-state index contributed by atoms with van der Waals surface area (Å²) < 4.78 is 5.92. The molecule has 2 N–H and O–H groups in total. The van der Waals surface area contributed by atoms with E-state index in [4.69, 9.17) is 10.2 Å². The van der Waals surface area contributed by atoms with Crippen LogP contribution in [0.1, 0.15) is 31.7 Å². The van der Waals surface area contributed by atoms with Crippen LogP contribution < -0.4 is 5.73 Å². The molecule has 0 saturated carbocycles. The number of hydrogen-bond donors (Lipinski definition) is 1. The van der Waals surface area contributed by atoms with Gasteiger partial charge in [-0.15, -0.1) is 24.8 Å². The molecular weight excluding hydrogens is 345 g/mol. The van der Waals surface area contributed by atoms with Gasteiger partial charge < -0.3 is 10.2 Å². The van der Waals surface area contributed by atoms with Gasteiger partial charge in [-0.25, -0.2) is 4.98 Å². The lowest BCUT2D eigenvalue weighted by Crippen LogP contribution is -2.52. The zero-order valence-electron chi connectivity index (χ0n) is 14.5. The Morgan fingerprint density at radius 2 is 1.92 bits per heavy atom. The monoisotopic (exact) mass is 371 g/mol. The van der Waals surface area contributed by atoms with Crippen LogP contribution in [0.4, 0.5) is 0 Å². The van der Waals surface area contributed by atoms with E-state index in [9.17, 15) is 0 Å². The maximum atomic E-state index is 6.19. The minimum Gasteiger partial charge on any atom is -0.439 e. The van der Waals surface area contributed by atoms with Gasteiger partial charge in [-0.05, 0) is 18.8 Å². The third kappa shape index (κ3) is 4.73. The number of halogens is 2. The van der Waals surface area contributed by atoms with Crippen LogP contribution in [0.15, 0.2) is 34.9 Å². The second-order valence-corrected chi connectivity index (χ2v) is 7.08. The summed E-state index contributed by atoms with van der Waals surface area (Å²) in [6, 6.07) is 8.60. The van der Waals surface area contributed by atoms with E-state index in [1.165, 1.54) is 5.56 Å². The largest absolute Gasteiger partial charge is 0.439 e. The minimum absolute atomic E-state index is 0. The number of nitrogens with two attached hydrogens (primary N) is 1. The Morgan fingerprint density at radius 1 is 1.25 bits per heavy atom. The fourth-order valence-electron chi connectivity index (χ4n) is 3.05. The van der Waals surface area contributed by atoms with Crippen molar-refractivity contribution in [2.24, 2.45) is 11.1 Å². The van der Waals surface area contributed by atoms with Crippen molar-refractivity contribution < 1.29 is 4.42 Å². The average Bonchev–Trinajstić information content (AvgIpc) is 2.92. The summed E-state index contributed by atoms with van der Waals surface area (Å²) in [6.45, 7) is 9.29. The predicted octanol–water partition coefficient (Wildman–Crippen LogP) is 4.05.